The molecule has 1 aliphatic heterocycles. The zero-order chi connectivity index (χ0) is 17.8. The summed E-state index contributed by atoms with van der Waals surface area (Å²) in [6, 6.07) is 17.0. The minimum atomic E-state index is -0.441. The van der Waals surface area contributed by atoms with Gasteiger partial charge in [-0.2, -0.15) is 0 Å². The van der Waals surface area contributed by atoms with Gasteiger partial charge in [0.25, 0.3) is 5.91 Å². The summed E-state index contributed by atoms with van der Waals surface area (Å²) in [7, 11) is 0. The maximum absolute atomic E-state index is 12.8. The molecule has 0 saturated heterocycles. The Morgan fingerprint density at radius 2 is 1.76 bits per heavy atom. The molecule has 130 valence electrons. The Bertz CT molecular complexity index is 756. The van der Waals surface area contributed by atoms with Crippen molar-refractivity contribution in [1.82, 2.24) is 10.2 Å². The molecule has 0 saturated carbocycles. The minimum absolute atomic E-state index is 0.0453. The Morgan fingerprint density at radius 3 is 2.44 bits per heavy atom. The molecule has 4 heteroatoms. The van der Waals surface area contributed by atoms with E-state index in [4.69, 9.17) is 0 Å². The van der Waals surface area contributed by atoms with Crippen molar-refractivity contribution in [2.75, 3.05) is 0 Å². The van der Waals surface area contributed by atoms with Crippen molar-refractivity contribution >= 4 is 11.8 Å². The van der Waals surface area contributed by atoms with E-state index in [0.29, 0.717) is 31.0 Å². The molecule has 0 radical (unpaired) electrons. The monoisotopic (exact) mass is 336 g/mol. The highest BCUT2D eigenvalue weighted by atomic mass is 16.2. The molecule has 1 N–H and O–H groups in total. The number of amides is 2. The number of nitrogens with zero attached hydrogens (tertiary/aromatic N) is 1. The lowest BCUT2D eigenvalue weighted by molar-refractivity contribution is -0.126. The summed E-state index contributed by atoms with van der Waals surface area (Å²) in [6.07, 6.45) is 0.653. The average molecular weight is 336 g/mol. The topological polar surface area (TPSA) is 49.4 Å². The molecule has 0 aliphatic carbocycles. The number of fused-ring (bicyclic) bond motifs is 1. The number of carbonyl (C=O) groups excluding carboxylic acids is 2. The molecule has 0 bridgehead atoms. The van der Waals surface area contributed by atoms with Crippen LogP contribution in [0.5, 0.6) is 0 Å². The van der Waals surface area contributed by atoms with Gasteiger partial charge in [-0.1, -0.05) is 62.4 Å². The number of hydrogen-bond acceptors (Lipinski definition) is 2. The normalized spacial score (nSPS) is 14.5. The molecule has 4 nitrogen and oxygen atoms in total. The molecular weight excluding hydrogens is 312 g/mol. The third-order valence-corrected chi connectivity index (χ3v) is 4.53. The lowest BCUT2D eigenvalue weighted by Crippen LogP contribution is -2.47. The van der Waals surface area contributed by atoms with Gasteiger partial charge < -0.3 is 10.2 Å². The summed E-state index contributed by atoms with van der Waals surface area (Å²) >= 11 is 0. The summed E-state index contributed by atoms with van der Waals surface area (Å²) in [4.78, 5) is 27.3. The molecule has 2 amide bonds. The molecule has 0 spiro atoms. The van der Waals surface area contributed by atoms with Gasteiger partial charge in [0, 0.05) is 18.7 Å². The second-order valence-electron chi connectivity index (χ2n) is 6.94. The average Bonchev–Trinajstić information content (AvgIpc) is 2.95. The first-order chi connectivity index (χ1) is 12.1. The standard InChI is InChI=1S/C21H24N2O2/c1-15(2)12-19(20(24)22-13-16-8-4-3-5-9-16)23-14-17-10-6-7-11-18(17)21(23)25/h3-11,15,19H,12-14H2,1-2H3,(H,22,24)/t19-/m0/s1. The van der Waals surface area contributed by atoms with Gasteiger partial charge in [0.2, 0.25) is 5.91 Å². The molecule has 2 aromatic carbocycles. The largest absolute Gasteiger partial charge is 0.350 e. The van der Waals surface area contributed by atoms with Gasteiger partial charge in [0.15, 0.2) is 0 Å². The molecule has 25 heavy (non-hydrogen) atoms. The van der Waals surface area contributed by atoms with Gasteiger partial charge in [0.05, 0.1) is 0 Å². The van der Waals surface area contributed by atoms with Gasteiger partial charge in [-0.15, -0.1) is 0 Å². The predicted octanol–water partition coefficient (Wildman–Crippen LogP) is 3.37. The van der Waals surface area contributed by atoms with Gasteiger partial charge >= 0.3 is 0 Å². The molecule has 0 fully saturated rings. The molecule has 0 aromatic heterocycles. The smallest absolute Gasteiger partial charge is 0.255 e. The molecule has 1 aliphatic rings. The number of benzene rings is 2. The quantitative estimate of drug-likeness (QED) is 0.879. The first-order valence-electron chi connectivity index (χ1n) is 8.76. The Kier molecular flexibility index (Phi) is 5.17. The van der Waals surface area contributed by atoms with E-state index >= 15 is 0 Å². The van der Waals surface area contributed by atoms with Crippen molar-refractivity contribution in [3.05, 3.63) is 71.3 Å². The Labute approximate surface area is 148 Å². The van der Waals surface area contributed by atoms with Crippen LogP contribution in [0.3, 0.4) is 0 Å². The number of nitrogens with one attached hydrogen (secondary N) is 1. The summed E-state index contributed by atoms with van der Waals surface area (Å²) in [5, 5.41) is 3.00. The van der Waals surface area contributed by atoms with Crippen molar-refractivity contribution < 1.29 is 9.59 Å². The van der Waals surface area contributed by atoms with Crippen LogP contribution in [0.25, 0.3) is 0 Å². The predicted molar refractivity (Wildman–Crippen MR) is 97.8 cm³/mol. The van der Waals surface area contributed by atoms with E-state index in [2.05, 4.69) is 19.2 Å². The molecular formula is C21H24N2O2. The summed E-state index contributed by atoms with van der Waals surface area (Å²) in [5.74, 6) is 0.193. The molecule has 2 aromatic rings. The second-order valence-corrected chi connectivity index (χ2v) is 6.94. The third-order valence-electron chi connectivity index (χ3n) is 4.53. The molecule has 1 atom stereocenters. The van der Waals surface area contributed by atoms with E-state index in [1.807, 2.05) is 54.6 Å². The molecule has 3 rings (SSSR count). The van der Waals surface area contributed by atoms with Crippen LogP contribution < -0.4 is 5.32 Å². The van der Waals surface area contributed by atoms with Gasteiger partial charge in [-0.05, 0) is 29.5 Å². The fraction of sp³-hybridized carbons (Fsp3) is 0.333. The van der Waals surface area contributed by atoms with E-state index < -0.39 is 6.04 Å². The van der Waals surface area contributed by atoms with Crippen molar-refractivity contribution in [1.29, 1.82) is 0 Å². The van der Waals surface area contributed by atoms with Crippen LogP contribution in [0.1, 0.15) is 41.8 Å². The van der Waals surface area contributed by atoms with E-state index in [1.54, 1.807) is 4.90 Å². The van der Waals surface area contributed by atoms with Crippen LogP contribution in [-0.2, 0) is 17.9 Å². The Morgan fingerprint density at radius 1 is 1.08 bits per heavy atom. The summed E-state index contributed by atoms with van der Waals surface area (Å²) < 4.78 is 0. The van der Waals surface area contributed by atoms with Gasteiger partial charge in [-0.25, -0.2) is 0 Å². The lowest BCUT2D eigenvalue weighted by Gasteiger charge is -2.28. The zero-order valence-corrected chi connectivity index (χ0v) is 14.7. The van der Waals surface area contributed by atoms with E-state index in [9.17, 15) is 9.59 Å². The number of carbonyl (C=O) groups is 2. The van der Waals surface area contributed by atoms with Crippen LogP contribution in [-0.4, -0.2) is 22.8 Å². The highest BCUT2D eigenvalue weighted by Crippen LogP contribution is 2.26. The second kappa shape index (κ2) is 7.51. The first kappa shape index (κ1) is 17.2. The van der Waals surface area contributed by atoms with Crippen molar-refractivity contribution in [2.45, 2.75) is 39.4 Å². The summed E-state index contributed by atoms with van der Waals surface area (Å²) in [6.45, 7) is 5.13. The Balaban J connectivity index is 1.74. The molecule has 0 unspecified atom stereocenters. The van der Waals surface area contributed by atoms with Gasteiger partial charge in [-0.3, -0.25) is 9.59 Å². The van der Waals surface area contributed by atoms with Crippen LogP contribution in [0.15, 0.2) is 54.6 Å². The third kappa shape index (κ3) is 3.90. The van der Waals surface area contributed by atoms with Crippen LogP contribution in [0.2, 0.25) is 0 Å². The first-order valence-corrected chi connectivity index (χ1v) is 8.76. The highest BCUT2D eigenvalue weighted by molar-refractivity contribution is 6.01. The van der Waals surface area contributed by atoms with Crippen LogP contribution in [0, 0.1) is 5.92 Å². The van der Waals surface area contributed by atoms with Crippen molar-refractivity contribution in [2.24, 2.45) is 5.92 Å². The van der Waals surface area contributed by atoms with Crippen molar-refractivity contribution in [3.63, 3.8) is 0 Å². The fourth-order valence-corrected chi connectivity index (χ4v) is 3.25. The SMILES string of the molecule is CC(C)C[C@@H](C(=O)NCc1ccccc1)N1Cc2ccccc2C1=O. The zero-order valence-electron chi connectivity index (χ0n) is 14.7. The van der Waals surface area contributed by atoms with E-state index in [1.165, 1.54) is 0 Å². The number of rotatable bonds is 6. The maximum atomic E-state index is 12.8. The van der Waals surface area contributed by atoms with Gasteiger partial charge in [0.1, 0.15) is 6.04 Å². The highest BCUT2D eigenvalue weighted by Gasteiger charge is 2.36. The lowest BCUT2D eigenvalue weighted by atomic mass is 10.0. The van der Waals surface area contributed by atoms with Crippen LogP contribution in [0.4, 0.5) is 0 Å². The van der Waals surface area contributed by atoms with Crippen molar-refractivity contribution in [3.8, 4) is 0 Å². The Hall–Kier alpha value is -2.62. The fourth-order valence-electron chi connectivity index (χ4n) is 3.25. The maximum Gasteiger partial charge on any atom is 0.255 e. The van der Waals surface area contributed by atoms with Crippen LogP contribution >= 0.6 is 0 Å². The molecule has 1 heterocycles. The number of hydrogen-bond donors (Lipinski definition) is 1. The van der Waals surface area contributed by atoms with E-state index in [-0.39, 0.29) is 11.8 Å². The summed E-state index contributed by atoms with van der Waals surface area (Å²) in [5.41, 5.74) is 2.76. The minimum Gasteiger partial charge on any atom is -0.350 e. The van der Waals surface area contributed by atoms with E-state index in [0.717, 1.165) is 11.1 Å².